The molecule has 128 valence electrons. The zero-order chi connectivity index (χ0) is 17.3. The molecule has 1 aromatic carbocycles. The second kappa shape index (κ2) is 6.55. The number of aromatic nitrogens is 2. The minimum Gasteiger partial charge on any atom is -0.454 e. The minimum absolute atomic E-state index is 0.0246. The van der Waals surface area contributed by atoms with Crippen molar-refractivity contribution in [3.05, 3.63) is 23.9 Å². The molecule has 6 heteroatoms. The zero-order valence-electron chi connectivity index (χ0n) is 14.5. The van der Waals surface area contributed by atoms with Crippen LogP contribution in [0.15, 0.2) is 18.2 Å². The highest BCUT2D eigenvalue weighted by molar-refractivity contribution is 5.96. The number of hydrogen-bond acceptors (Lipinski definition) is 4. The molecular weight excluding hydrogens is 306 g/mol. The van der Waals surface area contributed by atoms with Crippen molar-refractivity contribution in [1.82, 2.24) is 10.2 Å². The molecule has 0 radical (unpaired) electrons. The van der Waals surface area contributed by atoms with Crippen LogP contribution >= 0.6 is 0 Å². The van der Waals surface area contributed by atoms with Gasteiger partial charge in [0.2, 0.25) is 12.7 Å². The third-order valence-electron chi connectivity index (χ3n) is 3.87. The number of carbonyl (C=O) groups excluding carboxylic acids is 1. The summed E-state index contributed by atoms with van der Waals surface area (Å²) in [7, 11) is 0. The van der Waals surface area contributed by atoms with Crippen molar-refractivity contribution in [1.29, 1.82) is 0 Å². The molecule has 0 fully saturated rings. The highest BCUT2D eigenvalue weighted by Gasteiger charge is 2.21. The second-order valence-corrected chi connectivity index (χ2v) is 6.74. The first kappa shape index (κ1) is 16.4. The Balaban J connectivity index is 2.00. The van der Waals surface area contributed by atoms with Gasteiger partial charge in [-0.25, -0.2) is 0 Å². The number of carbonyl (C=O) groups is 1. The zero-order valence-corrected chi connectivity index (χ0v) is 14.5. The fraction of sp³-hybridized carbons (Fsp3) is 0.444. The van der Waals surface area contributed by atoms with Gasteiger partial charge in [-0.15, -0.1) is 0 Å². The summed E-state index contributed by atoms with van der Waals surface area (Å²) in [4.78, 5) is 12.2. The van der Waals surface area contributed by atoms with Crippen LogP contribution in [0.2, 0.25) is 0 Å². The molecule has 0 aliphatic carbocycles. The van der Waals surface area contributed by atoms with Gasteiger partial charge in [0.1, 0.15) is 5.69 Å². The highest BCUT2D eigenvalue weighted by atomic mass is 16.7. The lowest BCUT2D eigenvalue weighted by Gasteiger charge is -2.12. The number of ether oxygens (including phenoxy) is 2. The molecule has 2 N–H and O–H groups in total. The second-order valence-electron chi connectivity index (χ2n) is 6.74. The summed E-state index contributed by atoms with van der Waals surface area (Å²) in [5.74, 6) is 1.75. The number of hydrogen-bond donors (Lipinski definition) is 2. The molecule has 1 aliphatic heterocycles. The van der Waals surface area contributed by atoms with E-state index in [0.717, 1.165) is 34.8 Å². The van der Waals surface area contributed by atoms with Crippen LogP contribution in [0.3, 0.4) is 0 Å². The molecule has 1 amide bonds. The summed E-state index contributed by atoms with van der Waals surface area (Å²) < 4.78 is 10.8. The summed E-state index contributed by atoms with van der Waals surface area (Å²) in [6.45, 7) is 8.24. The van der Waals surface area contributed by atoms with E-state index in [2.05, 4.69) is 29.4 Å². The van der Waals surface area contributed by atoms with Gasteiger partial charge in [0.15, 0.2) is 11.5 Å². The smallest absolute Gasteiger partial charge is 0.231 e. The lowest BCUT2D eigenvalue weighted by Crippen LogP contribution is -2.19. The Kier molecular flexibility index (Phi) is 4.46. The van der Waals surface area contributed by atoms with Gasteiger partial charge in [-0.1, -0.05) is 27.7 Å². The van der Waals surface area contributed by atoms with Crippen LogP contribution in [0.4, 0.5) is 5.69 Å². The number of nitrogens with one attached hydrogen (secondary N) is 2. The van der Waals surface area contributed by atoms with Gasteiger partial charge in [0, 0.05) is 11.5 Å². The molecule has 2 heterocycles. The Morgan fingerprint density at radius 2 is 2.00 bits per heavy atom. The van der Waals surface area contributed by atoms with E-state index in [1.54, 1.807) is 0 Å². The number of H-pyrrole nitrogens is 1. The van der Waals surface area contributed by atoms with Crippen LogP contribution < -0.4 is 14.8 Å². The number of rotatable bonds is 5. The van der Waals surface area contributed by atoms with Crippen molar-refractivity contribution < 1.29 is 14.3 Å². The van der Waals surface area contributed by atoms with Crippen molar-refractivity contribution >= 4 is 11.6 Å². The minimum atomic E-state index is -0.101. The number of anilines is 1. The van der Waals surface area contributed by atoms with Gasteiger partial charge in [-0.3, -0.25) is 9.89 Å². The van der Waals surface area contributed by atoms with Crippen LogP contribution in [-0.2, 0) is 11.2 Å². The fourth-order valence-electron chi connectivity index (χ4n) is 2.59. The molecular formula is C18H23N3O3. The third kappa shape index (κ3) is 3.22. The van der Waals surface area contributed by atoms with E-state index in [9.17, 15) is 4.79 Å². The van der Waals surface area contributed by atoms with Gasteiger partial charge in [0.25, 0.3) is 0 Å². The molecule has 6 nitrogen and oxygen atoms in total. The predicted octanol–water partition coefficient (Wildman–Crippen LogP) is 3.60. The van der Waals surface area contributed by atoms with Crippen molar-refractivity contribution in [3.63, 3.8) is 0 Å². The standard InChI is InChI=1S/C18H23N3O3/c1-10(2)7-13-17(19-18(22)11(3)4)16(21-20-13)12-5-6-14-15(8-12)24-9-23-14/h5-6,8,10-11H,7,9H2,1-4H3,(H,19,22)(H,20,21). The first-order valence-electron chi connectivity index (χ1n) is 8.23. The van der Waals surface area contributed by atoms with Crippen molar-refractivity contribution in [2.75, 3.05) is 12.1 Å². The normalized spacial score (nSPS) is 12.9. The summed E-state index contributed by atoms with van der Waals surface area (Å²) >= 11 is 0. The lowest BCUT2D eigenvalue weighted by molar-refractivity contribution is -0.118. The summed E-state index contributed by atoms with van der Waals surface area (Å²) in [5.41, 5.74) is 3.29. The Morgan fingerprint density at radius 3 is 2.71 bits per heavy atom. The van der Waals surface area contributed by atoms with Crippen molar-refractivity contribution in [3.8, 4) is 22.8 Å². The van der Waals surface area contributed by atoms with E-state index < -0.39 is 0 Å². The van der Waals surface area contributed by atoms with Gasteiger partial charge in [0.05, 0.1) is 11.4 Å². The molecule has 24 heavy (non-hydrogen) atoms. The van der Waals surface area contributed by atoms with Crippen LogP contribution in [-0.4, -0.2) is 22.9 Å². The molecule has 3 rings (SSSR count). The number of aromatic amines is 1. The number of nitrogens with zero attached hydrogens (tertiary/aromatic N) is 1. The van der Waals surface area contributed by atoms with Crippen LogP contribution in [0, 0.1) is 11.8 Å². The Morgan fingerprint density at radius 1 is 1.25 bits per heavy atom. The largest absolute Gasteiger partial charge is 0.454 e. The molecule has 0 saturated heterocycles. The van der Waals surface area contributed by atoms with Gasteiger partial charge >= 0.3 is 0 Å². The quantitative estimate of drug-likeness (QED) is 0.879. The van der Waals surface area contributed by atoms with E-state index in [1.165, 1.54) is 0 Å². The van der Waals surface area contributed by atoms with Crippen LogP contribution in [0.1, 0.15) is 33.4 Å². The van der Waals surface area contributed by atoms with Gasteiger partial charge in [-0.2, -0.15) is 5.10 Å². The van der Waals surface area contributed by atoms with E-state index >= 15 is 0 Å². The van der Waals surface area contributed by atoms with Crippen LogP contribution in [0.5, 0.6) is 11.5 Å². The SMILES string of the molecule is CC(C)Cc1[nH]nc(-c2ccc3c(c2)OCO3)c1NC(=O)C(C)C. The summed E-state index contributed by atoms with van der Waals surface area (Å²) in [6, 6.07) is 5.68. The molecule has 1 aliphatic rings. The number of amides is 1. The molecule has 0 spiro atoms. The van der Waals surface area contributed by atoms with Gasteiger partial charge in [-0.05, 0) is 30.5 Å². The molecule has 2 aromatic rings. The van der Waals surface area contributed by atoms with E-state index in [1.807, 2.05) is 32.0 Å². The highest BCUT2D eigenvalue weighted by Crippen LogP contribution is 2.38. The summed E-state index contributed by atoms with van der Waals surface area (Å²) in [5, 5.41) is 10.5. The average molecular weight is 329 g/mol. The fourth-order valence-corrected chi connectivity index (χ4v) is 2.59. The number of fused-ring (bicyclic) bond motifs is 1. The monoisotopic (exact) mass is 329 g/mol. The Hall–Kier alpha value is -2.50. The Bertz CT molecular complexity index is 750. The first-order valence-corrected chi connectivity index (χ1v) is 8.23. The van der Waals surface area contributed by atoms with E-state index in [-0.39, 0.29) is 18.6 Å². The third-order valence-corrected chi connectivity index (χ3v) is 3.87. The Labute approximate surface area is 141 Å². The molecule has 1 aromatic heterocycles. The maximum Gasteiger partial charge on any atom is 0.231 e. The lowest BCUT2D eigenvalue weighted by atomic mass is 10.0. The molecule has 0 unspecified atom stereocenters. The maximum atomic E-state index is 12.2. The average Bonchev–Trinajstić information content (AvgIpc) is 3.13. The topological polar surface area (TPSA) is 76.2 Å². The maximum absolute atomic E-state index is 12.2. The molecule has 0 bridgehead atoms. The van der Waals surface area contributed by atoms with E-state index in [0.29, 0.717) is 11.7 Å². The predicted molar refractivity (Wildman–Crippen MR) is 92.2 cm³/mol. The van der Waals surface area contributed by atoms with Gasteiger partial charge < -0.3 is 14.8 Å². The first-order chi connectivity index (χ1) is 11.5. The number of benzene rings is 1. The summed E-state index contributed by atoms with van der Waals surface area (Å²) in [6.07, 6.45) is 0.811. The van der Waals surface area contributed by atoms with Crippen molar-refractivity contribution in [2.24, 2.45) is 11.8 Å². The molecule has 0 saturated carbocycles. The van der Waals surface area contributed by atoms with E-state index in [4.69, 9.17) is 9.47 Å². The van der Waals surface area contributed by atoms with Crippen LogP contribution in [0.25, 0.3) is 11.3 Å². The molecule has 0 atom stereocenters. The van der Waals surface area contributed by atoms with Crippen molar-refractivity contribution in [2.45, 2.75) is 34.1 Å².